The predicted octanol–water partition coefficient (Wildman–Crippen LogP) is 2.98. The molecule has 1 aromatic carbocycles. The lowest BCUT2D eigenvalue weighted by molar-refractivity contribution is -0.135. The normalized spacial score (nSPS) is 10.3. The fourth-order valence-corrected chi connectivity index (χ4v) is 2.14. The molecule has 6 heteroatoms. The maximum Gasteiger partial charge on any atom is 0.352 e. The van der Waals surface area contributed by atoms with Gasteiger partial charge in [0, 0.05) is 6.07 Å². The molecule has 0 fully saturated rings. The van der Waals surface area contributed by atoms with Crippen molar-refractivity contribution in [1.29, 1.82) is 5.41 Å². The van der Waals surface area contributed by atoms with Gasteiger partial charge in [-0.15, -0.1) is 0 Å². The van der Waals surface area contributed by atoms with Gasteiger partial charge in [-0.25, -0.2) is 4.79 Å². The topological polar surface area (TPSA) is 85.7 Å². The number of esters is 1. The number of carbonyl (C=O) groups is 2. The minimum Gasteiger partial charge on any atom is -0.496 e. The van der Waals surface area contributed by atoms with Crippen LogP contribution in [0, 0.1) is 5.41 Å². The monoisotopic (exact) mass is 321 g/mol. The maximum atomic E-state index is 12.4. The zero-order valence-electron chi connectivity index (χ0n) is 14.2. The SMILES string of the molecule is CCOC(=O)C(=N)CC(=O)c1cc(C(C)C)c(OC)cc1OC. The summed E-state index contributed by atoms with van der Waals surface area (Å²) in [4.78, 5) is 23.9. The molecule has 6 nitrogen and oxygen atoms in total. The summed E-state index contributed by atoms with van der Waals surface area (Å²) in [5.74, 6) is -0.0180. The lowest BCUT2D eigenvalue weighted by Crippen LogP contribution is -2.20. The van der Waals surface area contributed by atoms with Crippen LogP contribution < -0.4 is 9.47 Å². The number of methoxy groups -OCH3 is 2. The van der Waals surface area contributed by atoms with Crippen molar-refractivity contribution in [2.24, 2.45) is 0 Å². The molecule has 1 aromatic rings. The van der Waals surface area contributed by atoms with E-state index >= 15 is 0 Å². The van der Waals surface area contributed by atoms with Crippen molar-refractivity contribution in [3.05, 3.63) is 23.3 Å². The molecule has 1 rings (SSSR count). The van der Waals surface area contributed by atoms with E-state index in [2.05, 4.69) is 0 Å². The van der Waals surface area contributed by atoms with E-state index in [9.17, 15) is 9.59 Å². The molecule has 0 aliphatic heterocycles. The molecule has 126 valence electrons. The highest BCUT2D eigenvalue weighted by Crippen LogP contribution is 2.34. The van der Waals surface area contributed by atoms with Gasteiger partial charge in [0.25, 0.3) is 0 Å². The van der Waals surface area contributed by atoms with Crippen molar-refractivity contribution in [3.8, 4) is 11.5 Å². The van der Waals surface area contributed by atoms with E-state index in [0.717, 1.165) is 5.56 Å². The Hall–Kier alpha value is -2.37. The second-order valence-corrected chi connectivity index (χ2v) is 5.25. The Bertz CT molecular complexity index is 607. The summed E-state index contributed by atoms with van der Waals surface area (Å²) in [6.07, 6.45) is -0.334. The quantitative estimate of drug-likeness (QED) is 0.452. The number of hydrogen-bond acceptors (Lipinski definition) is 6. The van der Waals surface area contributed by atoms with Crippen molar-refractivity contribution in [3.63, 3.8) is 0 Å². The molecule has 0 radical (unpaired) electrons. The van der Waals surface area contributed by atoms with E-state index in [1.807, 2.05) is 13.8 Å². The van der Waals surface area contributed by atoms with Gasteiger partial charge in [-0.3, -0.25) is 10.2 Å². The summed E-state index contributed by atoms with van der Waals surface area (Å²) in [6, 6.07) is 3.35. The zero-order valence-corrected chi connectivity index (χ0v) is 14.2. The largest absolute Gasteiger partial charge is 0.496 e. The number of benzene rings is 1. The third kappa shape index (κ3) is 4.55. The third-order valence-electron chi connectivity index (χ3n) is 3.33. The van der Waals surface area contributed by atoms with Crippen LogP contribution in [0.4, 0.5) is 0 Å². The van der Waals surface area contributed by atoms with Gasteiger partial charge in [-0.2, -0.15) is 0 Å². The number of nitrogens with one attached hydrogen (secondary N) is 1. The van der Waals surface area contributed by atoms with Crippen molar-refractivity contribution < 1.29 is 23.8 Å². The first-order valence-electron chi connectivity index (χ1n) is 7.39. The van der Waals surface area contributed by atoms with Crippen LogP contribution in [0.3, 0.4) is 0 Å². The summed E-state index contributed by atoms with van der Waals surface area (Å²) in [6.45, 7) is 5.78. The van der Waals surface area contributed by atoms with Gasteiger partial charge < -0.3 is 14.2 Å². The summed E-state index contributed by atoms with van der Waals surface area (Å²) in [5, 5.41) is 7.66. The molecule has 0 heterocycles. The first-order valence-corrected chi connectivity index (χ1v) is 7.39. The maximum absolute atomic E-state index is 12.4. The van der Waals surface area contributed by atoms with E-state index in [4.69, 9.17) is 19.6 Å². The van der Waals surface area contributed by atoms with Crippen LogP contribution in [0.25, 0.3) is 0 Å². The van der Waals surface area contributed by atoms with Crippen LogP contribution >= 0.6 is 0 Å². The molecule has 0 aromatic heterocycles. The number of ketones is 1. The summed E-state index contributed by atoms with van der Waals surface area (Å²) < 4.78 is 15.3. The minimum absolute atomic E-state index is 0.145. The molecular weight excluding hydrogens is 298 g/mol. The molecular formula is C17H23NO5. The molecule has 0 atom stereocenters. The van der Waals surface area contributed by atoms with E-state index in [-0.39, 0.29) is 30.4 Å². The fraction of sp³-hybridized carbons (Fsp3) is 0.471. The number of ether oxygens (including phenoxy) is 3. The Balaban J connectivity index is 3.15. The van der Waals surface area contributed by atoms with E-state index in [1.54, 1.807) is 26.2 Å². The van der Waals surface area contributed by atoms with Gasteiger partial charge >= 0.3 is 5.97 Å². The summed E-state index contributed by atoms with van der Waals surface area (Å²) in [7, 11) is 3.01. The van der Waals surface area contributed by atoms with Crippen LogP contribution in [0.5, 0.6) is 11.5 Å². The average Bonchev–Trinajstić information content (AvgIpc) is 2.53. The standard InChI is InChI=1S/C17H23NO5/c1-6-23-17(20)13(18)8-14(19)12-7-11(10(2)3)15(21-4)9-16(12)22-5/h7,9-10,18H,6,8H2,1-5H3. The third-order valence-corrected chi connectivity index (χ3v) is 3.33. The Labute approximate surface area is 136 Å². The Morgan fingerprint density at radius 2 is 1.74 bits per heavy atom. The van der Waals surface area contributed by atoms with Crippen LogP contribution in [0.15, 0.2) is 12.1 Å². The van der Waals surface area contributed by atoms with E-state index in [0.29, 0.717) is 17.1 Å². The first kappa shape index (κ1) is 18.7. The highest BCUT2D eigenvalue weighted by atomic mass is 16.5. The van der Waals surface area contributed by atoms with Gasteiger partial charge in [0.2, 0.25) is 0 Å². The molecule has 0 saturated carbocycles. The average molecular weight is 321 g/mol. The van der Waals surface area contributed by atoms with Crippen molar-refractivity contribution in [2.45, 2.75) is 33.1 Å². The number of hydrogen-bond donors (Lipinski definition) is 1. The van der Waals surface area contributed by atoms with Gasteiger partial charge in [0.05, 0.1) is 32.8 Å². The second-order valence-electron chi connectivity index (χ2n) is 5.25. The van der Waals surface area contributed by atoms with Gasteiger partial charge in [0.1, 0.15) is 17.2 Å². The number of carbonyl (C=O) groups excluding carboxylic acids is 2. The van der Waals surface area contributed by atoms with Gasteiger partial charge in [-0.1, -0.05) is 13.8 Å². The molecule has 0 spiro atoms. The molecule has 1 N–H and O–H groups in total. The van der Waals surface area contributed by atoms with Gasteiger partial charge in [-0.05, 0) is 24.5 Å². The Morgan fingerprint density at radius 1 is 1.13 bits per heavy atom. The molecule has 0 saturated heterocycles. The van der Waals surface area contributed by atoms with Crippen molar-refractivity contribution in [1.82, 2.24) is 0 Å². The Morgan fingerprint density at radius 3 is 2.22 bits per heavy atom. The van der Waals surface area contributed by atoms with Crippen LogP contribution in [-0.4, -0.2) is 38.3 Å². The van der Waals surface area contributed by atoms with Crippen LogP contribution in [0.2, 0.25) is 0 Å². The number of Topliss-reactive ketones (excluding diaryl/α,β-unsaturated/α-hetero) is 1. The molecule has 0 unspecified atom stereocenters. The first-order chi connectivity index (χ1) is 10.8. The lowest BCUT2D eigenvalue weighted by atomic mass is 9.95. The highest BCUT2D eigenvalue weighted by molar-refractivity contribution is 6.39. The molecule has 0 aliphatic rings. The van der Waals surface area contributed by atoms with Crippen LogP contribution in [-0.2, 0) is 9.53 Å². The minimum atomic E-state index is -0.780. The molecule has 0 aliphatic carbocycles. The second kappa shape index (κ2) is 8.31. The van der Waals surface area contributed by atoms with Crippen molar-refractivity contribution in [2.75, 3.05) is 20.8 Å². The van der Waals surface area contributed by atoms with Gasteiger partial charge in [0.15, 0.2) is 5.78 Å². The number of rotatable bonds is 8. The van der Waals surface area contributed by atoms with E-state index in [1.165, 1.54) is 7.11 Å². The summed E-state index contributed by atoms with van der Waals surface area (Å²) in [5.41, 5.74) is 0.811. The Kier molecular flexibility index (Phi) is 6.75. The van der Waals surface area contributed by atoms with E-state index < -0.39 is 5.97 Å². The van der Waals surface area contributed by atoms with Crippen molar-refractivity contribution >= 4 is 17.5 Å². The predicted molar refractivity (Wildman–Crippen MR) is 86.9 cm³/mol. The highest BCUT2D eigenvalue weighted by Gasteiger charge is 2.22. The fourth-order valence-electron chi connectivity index (χ4n) is 2.14. The lowest BCUT2D eigenvalue weighted by Gasteiger charge is -2.16. The molecule has 0 amide bonds. The zero-order chi connectivity index (χ0) is 17.6. The summed E-state index contributed by atoms with van der Waals surface area (Å²) >= 11 is 0. The molecule has 23 heavy (non-hydrogen) atoms. The van der Waals surface area contributed by atoms with Crippen LogP contribution in [0.1, 0.15) is 49.0 Å². The molecule has 0 bridgehead atoms. The smallest absolute Gasteiger partial charge is 0.352 e.